The van der Waals surface area contributed by atoms with Crippen LogP contribution in [0.4, 0.5) is 0 Å². The standard InChI is InChI=1S/C23H27N3O3.ClH/c1-15-20(16(2)29-25-15)12-28-21-11-18-7-5-4-6-17(18)10-19(21)22(27)26-9-8-23(3,13-24)14-26;/h4-7,10-11H,8-9,12-14,24H2,1-3H3;1H. The van der Waals surface area contributed by atoms with Crippen LogP contribution >= 0.6 is 12.4 Å². The normalized spacial score (nSPS) is 18.5. The van der Waals surface area contributed by atoms with Gasteiger partial charge in [0.05, 0.1) is 16.8 Å². The van der Waals surface area contributed by atoms with Crippen molar-refractivity contribution < 1.29 is 14.1 Å². The van der Waals surface area contributed by atoms with Crippen LogP contribution in [-0.2, 0) is 6.61 Å². The van der Waals surface area contributed by atoms with Gasteiger partial charge in [-0.05, 0) is 55.1 Å². The first-order valence-electron chi connectivity index (χ1n) is 9.97. The summed E-state index contributed by atoms with van der Waals surface area (Å²) in [6, 6.07) is 11.9. The topological polar surface area (TPSA) is 81.6 Å². The highest BCUT2D eigenvalue weighted by molar-refractivity contribution is 6.01. The third-order valence-electron chi connectivity index (χ3n) is 5.97. The SMILES string of the molecule is Cc1noc(C)c1COc1cc2ccccc2cc1C(=O)N1CCC(C)(CN)C1.Cl. The Balaban J connectivity index is 0.00000256. The molecule has 6 nitrogen and oxygen atoms in total. The molecule has 3 aromatic rings. The van der Waals surface area contributed by atoms with E-state index in [0.29, 0.717) is 37.6 Å². The molecule has 0 bridgehead atoms. The lowest BCUT2D eigenvalue weighted by atomic mass is 9.90. The van der Waals surface area contributed by atoms with E-state index in [-0.39, 0.29) is 23.7 Å². The molecule has 1 aliphatic heterocycles. The molecular formula is C23H28ClN3O3. The number of amides is 1. The lowest BCUT2D eigenvalue weighted by molar-refractivity contribution is 0.0772. The third kappa shape index (κ3) is 4.16. The van der Waals surface area contributed by atoms with Gasteiger partial charge in [0.2, 0.25) is 0 Å². The number of fused-ring (bicyclic) bond motifs is 1. The van der Waals surface area contributed by atoms with E-state index in [1.807, 2.05) is 55.1 Å². The zero-order valence-corrected chi connectivity index (χ0v) is 18.4. The smallest absolute Gasteiger partial charge is 0.257 e. The largest absolute Gasteiger partial charge is 0.488 e. The van der Waals surface area contributed by atoms with Crippen LogP contribution in [0.5, 0.6) is 5.75 Å². The van der Waals surface area contributed by atoms with Gasteiger partial charge in [0.25, 0.3) is 5.91 Å². The first kappa shape index (κ1) is 22.1. The molecule has 1 unspecified atom stereocenters. The van der Waals surface area contributed by atoms with E-state index in [4.69, 9.17) is 15.0 Å². The molecule has 30 heavy (non-hydrogen) atoms. The number of aryl methyl sites for hydroxylation is 2. The molecule has 1 saturated heterocycles. The van der Waals surface area contributed by atoms with Crippen LogP contribution in [0, 0.1) is 19.3 Å². The fourth-order valence-electron chi connectivity index (χ4n) is 3.90. The number of nitrogens with two attached hydrogens (primary N) is 1. The molecule has 1 atom stereocenters. The van der Waals surface area contributed by atoms with Crippen LogP contribution in [0.25, 0.3) is 10.8 Å². The number of carbonyl (C=O) groups is 1. The molecule has 0 radical (unpaired) electrons. The van der Waals surface area contributed by atoms with Crippen LogP contribution in [0.3, 0.4) is 0 Å². The summed E-state index contributed by atoms with van der Waals surface area (Å²) in [4.78, 5) is 15.3. The Labute approximate surface area is 182 Å². The first-order chi connectivity index (χ1) is 13.9. The molecule has 0 saturated carbocycles. The Morgan fingerprint density at radius 3 is 2.57 bits per heavy atom. The monoisotopic (exact) mass is 429 g/mol. The summed E-state index contributed by atoms with van der Waals surface area (Å²) in [5, 5.41) is 6.03. The molecule has 0 aliphatic carbocycles. The number of benzene rings is 2. The first-order valence-corrected chi connectivity index (χ1v) is 9.97. The molecule has 2 aromatic carbocycles. The Morgan fingerprint density at radius 2 is 1.97 bits per heavy atom. The fraction of sp³-hybridized carbons (Fsp3) is 0.391. The second-order valence-electron chi connectivity index (χ2n) is 8.28. The summed E-state index contributed by atoms with van der Waals surface area (Å²) in [6.07, 6.45) is 0.915. The van der Waals surface area contributed by atoms with E-state index < -0.39 is 0 Å². The molecule has 0 spiro atoms. The second kappa shape index (κ2) is 8.66. The number of halogens is 1. The number of hydrogen-bond donors (Lipinski definition) is 1. The van der Waals surface area contributed by atoms with Crippen LogP contribution in [0.15, 0.2) is 40.9 Å². The van der Waals surface area contributed by atoms with Gasteiger partial charge in [0.15, 0.2) is 0 Å². The van der Waals surface area contributed by atoms with E-state index in [2.05, 4.69) is 12.1 Å². The Morgan fingerprint density at radius 1 is 1.27 bits per heavy atom. The van der Waals surface area contributed by atoms with Crippen molar-refractivity contribution in [2.45, 2.75) is 33.8 Å². The Hall–Kier alpha value is -2.57. The van der Waals surface area contributed by atoms with Gasteiger partial charge in [-0.3, -0.25) is 4.79 Å². The zero-order chi connectivity index (χ0) is 20.6. The molecule has 1 aromatic heterocycles. The zero-order valence-electron chi connectivity index (χ0n) is 17.6. The van der Waals surface area contributed by atoms with Gasteiger partial charge < -0.3 is 19.9 Å². The lowest BCUT2D eigenvalue weighted by Crippen LogP contribution is -2.34. The number of likely N-dealkylation sites (tertiary alicyclic amines) is 1. The predicted octanol–water partition coefficient (Wildman–Crippen LogP) is 4.26. The minimum Gasteiger partial charge on any atom is -0.488 e. The Kier molecular flexibility index (Phi) is 6.38. The predicted molar refractivity (Wildman–Crippen MR) is 119 cm³/mol. The molecule has 1 fully saturated rings. The maximum absolute atomic E-state index is 13.4. The van der Waals surface area contributed by atoms with Gasteiger partial charge in [0, 0.05) is 13.1 Å². The third-order valence-corrected chi connectivity index (χ3v) is 5.97. The summed E-state index contributed by atoms with van der Waals surface area (Å²) in [6.45, 7) is 8.14. The van der Waals surface area contributed by atoms with Crippen LogP contribution in [0.2, 0.25) is 0 Å². The number of rotatable bonds is 5. The van der Waals surface area contributed by atoms with Gasteiger partial charge in [-0.1, -0.05) is 36.3 Å². The van der Waals surface area contributed by atoms with Crippen LogP contribution < -0.4 is 10.5 Å². The summed E-state index contributed by atoms with van der Waals surface area (Å²) in [7, 11) is 0. The van der Waals surface area contributed by atoms with Crippen molar-refractivity contribution in [3.8, 4) is 5.75 Å². The summed E-state index contributed by atoms with van der Waals surface area (Å²) in [5.74, 6) is 1.30. The van der Waals surface area contributed by atoms with E-state index >= 15 is 0 Å². The van der Waals surface area contributed by atoms with E-state index in [1.165, 1.54) is 0 Å². The van der Waals surface area contributed by atoms with E-state index in [1.54, 1.807) is 0 Å². The molecular weight excluding hydrogens is 402 g/mol. The molecule has 160 valence electrons. The summed E-state index contributed by atoms with van der Waals surface area (Å²) in [5.41, 5.74) is 8.19. The average molecular weight is 430 g/mol. The van der Waals surface area contributed by atoms with Gasteiger partial charge >= 0.3 is 0 Å². The minimum atomic E-state index is -0.0236. The fourth-order valence-corrected chi connectivity index (χ4v) is 3.90. The molecule has 1 aliphatic rings. The van der Waals surface area contributed by atoms with Crippen LogP contribution in [-0.4, -0.2) is 35.6 Å². The quantitative estimate of drug-likeness (QED) is 0.655. The molecule has 1 amide bonds. The molecule has 4 rings (SSSR count). The van der Waals surface area contributed by atoms with Gasteiger partial charge in [-0.25, -0.2) is 0 Å². The van der Waals surface area contributed by atoms with Crippen molar-refractivity contribution in [2.75, 3.05) is 19.6 Å². The number of aromatic nitrogens is 1. The Bertz CT molecular complexity index is 1050. The van der Waals surface area contributed by atoms with E-state index in [0.717, 1.165) is 34.2 Å². The number of nitrogens with zero attached hydrogens (tertiary/aromatic N) is 2. The van der Waals surface area contributed by atoms with Crippen molar-refractivity contribution in [3.05, 3.63) is 59.0 Å². The average Bonchev–Trinajstić information content (AvgIpc) is 3.28. The summed E-state index contributed by atoms with van der Waals surface area (Å²) < 4.78 is 11.4. The number of hydrogen-bond acceptors (Lipinski definition) is 5. The minimum absolute atomic E-state index is 0. The molecule has 7 heteroatoms. The van der Waals surface area contributed by atoms with Crippen molar-refractivity contribution in [1.29, 1.82) is 0 Å². The van der Waals surface area contributed by atoms with E-state index in [9.17, 15) is 4.79 Å². The highest BCUT2D eigenvalue weighted by Crippen LogP contribution is 2.33. The molecule has 2 N–H and O–H groups in total. The van der Waals surface area contributed by atoms with Gasteiger partial charge in [0.1, 0.15) is 18.1 Å². The highest BCUT2D eigenvalue weighted by atomic mass is 35.5. The molecule has 2 heterocycles. The van der Waals surface area contributed by atoms with Crippen molar-refractivity contribution in [2.24, 2.45) is 11.1 Å². The van der Waals surface area contributed by atoms with Crippen molar-refractivity contribution in [1.82, 2.24) is 10.1 Å². The highest BCUT2D eigenvalue weighted by Gasteiger charge is 2.36. The maximum Gasteiger partial charge on any atom is 0.257 e. The van der Waals surface area contributed by atoms with Crippen molar-refractivity contribution >= 4 is 29.1 Å². The number of ether oxygens (including phenoxy) is 1. The number of carbonyl (C=O) groups excluding carboxylic acids is 1. The van der Waals surface area contributed by atoms with Gasteiger partial charge in [-0.2, -0.15) is 0 Å². The summed E-state index contributed by atoms with van der Waals surface area (Å²) >= 11 is 0. The lowest BCUT2D eigenvalue weighted by Gasteiger charge is -2.23. The second-order valence-corrected chi connectivity index (χ2v) is 8.28. The maximum atomic E-state index is 13.4. The van der Waals surface area contributed by atoms with Crippen molar-refractivity contribution in [3.63, 3.8) is 0 Å². The van der Waals surface area contributed by atoms with Crippen LogP contribution in [0.1, 0.15) is 40.7 Å². The van der Waals surface area contributed by atoms with Gasteiger partial charge in [-0.15, -0.1) is 12.4 Å².